The van der Waals surface area contributed by atoms with E-state index in [0.29, 0.717) is 9.13 Å². The van der Waals surface area contributed by atoms with Crippen molar-refractivity contribution in [2.24, 2.45) is 0 Å². The molecule has 0 aliphatic rings. The summed E-state index contributed by atoms with van der Waals surface area (Å²) in [6.45, 7) is -0.103. The lowest BCUT2D eigenvalue weighted by atomic mass is 10.1. The highest BCUT2D eigenvalue weighted by atomic mass is 127. The van der Waals surface area contributed by atoms with Crippen LogP contribution in [0, 0.1) is 9.39 Å². The third-order valence-corrected chi connectivity index (χ3v) is 3.08. The monoisotopic (exact) mass is 358 g/mol. The number of hydrogen-bond donors (Lipinski definition) is 0. The molecule has 0 fully saturated rings. The lowest BCUT2D eigenvalue weighted by Gasteiger charge is -2.04. The van der Waals surface area contributed by atoms with Gasteiger partial charge in [0, 0.05) is 11.8 Å². The molecule has 0 N–H and O–H groups in total. The van der Waals surface area contributed by atoms with Crippen molar-refractivity contribution < 1.29 is 9.18 Å². The molecule has 0 bridgehead atoms. The number of ketones is 1. The van der Waals surface area contributed by atoms with E-state index < -0.39 is 5.82 Å². The molecule has 0 amide bonds. The van der Waals surface area contributed by atoms with Crippen molar-refractivity contribution in [1.29, 1.82) is 0 Å². The van der Waals surface area contributed by atoms with Gasteiger partial charge < -0.3 is 0 Å². The van der Waals surface area contributed by atoms with E-state index in [2.05, 4.69) is 4.98 Å². The molecule has 6 heteroatoms. The normalized spacial score (nSPS) is 10.3. The van der Waals surface area contributed by atoms with E-state index in [-0.39, 0.29) is 17.9 Å². The number of halogens is 2. The Labute approximate surface area is 116 Å². The molecule has 0 unspecified atom stereocenters. The van der Waals surface area contributed by atoms with Crippen LogP contribution in [0.1, 0.15) is 10.4 Å². The van der Waals surface area contributed by atoms with E-state index in [1.807, 2.05) is 22.6 Å². The summed E-state index contributed by atoms with van der Waals surface area (Å²) in [7, 11) is 0. The van der Waals surface area contributed by atoms with E-state index in [4.69, 9.17) is 0 Å². The number of nitrogens with zero attached hydrogens (tertiary/aromatic N) is 2. The predicted octanol–water partition coefficient (Wildman–Crippen LogP) is 1.87. The molecule has 0 saturated carbocycles. The first-order valence-corrected chi connectivity index (χ1v) is 6.14. The topological polar surface area (TPSA) is 52.0 Å². The van der Waals surface area contributed by atoms with Crippen molar-refractivity contribution in [3.05, 3.63) is 62.1 Å². The van der Waals surface area contributed by atoms with Gasteiger partial charge >= 0.3 is 0 Å². The van der Waals surface area contributed by atoms with Gasteiger partial charge in [0.2, 0.25) is 0 Å². The van der Waals surface area contributed by atoms with Crippen LogP contribution in [0.4, 0.5) is 4.39 Å². The Morgan fingerprint density at radius 2 is 2.00 bits per heavy atom. The largest absolute Gasteiger partial charge is 0.292 e. The SMILES string of the molecule is O=C(Cn1cncc(I)c1=O)c1ccc(F)cc1. The summed E-state index contributed by atoms with van der Waals surface area (Å²) in [4.78, 5) is 27.4. The number of aromatic nitrogens is 2. The maximum atomic E-state index is 12.7. The first kappa shape index (κ1) is 12.9. The third kappa shape index (κ3) is 2.81. The number of carbonyl (C=O) groups excluding carboxylic acids is 1. The number of benzene rings is 1. The van der Waals surface area contributed by atoms with Crippen LogP contribution in [0.5, 0.6) is 0 Å². The molecular formula is C12H8FIN2O2. The van der Waals surface area contributed by atoms with Crippen molar-refractivity contribution in [2.45, 2.75) is 6.54 Å². The smallest absolute Gasteiger partial charge is 0.267 e. The molecule has 1 aromatic carbocycles. The Kier molecular flexibility index (Phi) is 3.85. The highest BCUT2D eigenvalue weighted by Crippen LogP contribution is 2.04. The summed E-state index contributed by atoms with van der Waals surface area (Å²) in [6, 6.07) is 5.21. The zero-order valence-corrected chi connectivity index (χ0v) is 11.3. The predicted molar refractivity (Wildman–Crippen MR) is 71.9 cm³/mol. The van der Waals surface area contributed by atoms with Crippen molar-refractivity contribution in [3.63, 3.8) is 0 Å². The molecule has 2 rings (SSSR count). The average Bonchev–Trinajstić information content (AvgIpc) is 2.36. The van der Waals surface area contributed by atoms with Gasteiger partial charge in [0.15, 0.2) is 5.78 Å². The molecule has 0 radical (unpaired) electrons. The minimum atomic E-state index is -0.403. The molecule has 2 aromatic rings. The molecule has 0 aliphatic carbocycles. The fourth-order valence-electron chi connectivity index (χ4n) is 1.42. The van der Waals surface area contributed by atoms with Gasteiger partial charge in [-0.1, -0.05) is 0 Å². The van der Waals surface area contributed by atoms with Crippen LogP contribution in [-0.4, -0.2) is 15.3 Å². The summed E-state index contributed by atoms with van der Waals surface area (Å²) in [5, 5.41) is 0. The fourth-order valence-corrected chi connectivity index (χ4v) is 1.89. The second-order valence-electron chi connectivity index (χ2n) is 3.60. The minimum absolute atomic E-state index is 0.103. The summed E-state index contributed by atoms with van der Waals surface area (Å²) >= 11 is 1.86. The Bertz CT molecular complexity index is 637. The van der Waals surface area contributed by atoms with E-state index in [9.17, 15) is 14.0 Å². The molecule has 18 heavy (non-hydrogen) atoms. The van der Waals surface area contributed by atoms with Crippen LogP contribution in [0.3, 0.4) is 0 Å². The Balaban J connectivity index is 2.24. The van der Waals surface area contributed by atoms with Gasteiger partial charge in [0.1, 0.15) is 5.82 Å². The molecule has 0 aliphatic heterocycles. The number of rotatable bonds is 3. The summed E-state index contributed by atoms with van der Waals surface area (Å²) in [5.41, 5.74) is 0.100. The zero-order chi connectivity index (χ0) is 13.1. The highest BCUT2D eigenvalue weighted by Gasteiger charge is 2.09. The van der Waals surface area contributed by atoms with Crippen LogP contribution in [0.2, 0.25) is 0 Å². The molecule has 92 valence electrons. The van der Waals surface area contributed by atoms with Crippen LogP contribution in [0.25, 0.3) is 0 Å². The van der Waals surface area contributed by atoms with Gasteiger partial charge in [-0.05, 0) is 46.9 Å². The summed E-state index contributed by atoms with van der Waals surface area (Å²) in [5.74, 6) is -0.666. The molecule has 0 atom stereocenters. The lowest BCUT2D eigenvalue weighted by molar-refractivity contribution is 0.0970. The molecule has 1 heterocycles. The molecule has 0 saturated heterocycles. The van der Waals surface area contributed by atoms with E-state index in [0.717, 1.165) is 0 Å². The minimum Gasteiger partial charge on any atom is -0.292 e. The van der Waals surface area contributed by atoms with Gasteiger partial charge in [0.25, 0.3) is 5.56 Å². The van der Waals surface area contributed by atoms with Crippen LogP contribution < -0.4 is 5.56 Å². The van der Waals surface area contributed by atoms with Crippen LogP contribution >= 0.6 is 22.6 Å². The van der Waals surface area contributed by atoms with E-state index in [1.165, 1.54) is 41.4 Å². The van der Waals surface area contributed by atoms with Crippen molar-refractivity contribution in [1.82, 2.24) is 9.55 Å². The quantitative estimate of drug-likeness (QED) is 0.622. The standard InChI is InChI=1S/C12H8FIN2O2/c13-9-3-1-8(2-4-9)11(17)6-16-7-15-5-10(14)12(16)18/h1-5,7H,6H2. The summed E-state index contributed by atoms with van der Waals surface area (Å²) < 4.78 is 14.4. The fraction of sp³-hybridized carbons (Fsp3) is 0.0833. The van der Waals surface area contributed by atoms with Crippen LogP contribution in [0.15, 0.2) is 41.6 Å². The molecule has 4 nitrogen and oxygen atoms in total. The van der Waals surface area contributed by atoms with Gasteiger partial charge in [-0.25, -0.2) is 9.37 Å². The Hall–Kier alpha value is -1.57. The maximum absolute atomic E-state index is 12.7. The first-order valence-electron chi connectivity index (χ1n) is 5.06. The maximum Gasteiger partial charge on any atom is 0.267 e. The van der Waals surface area contributed by atoms with Gasteiger partial charge in [0.05, 0.1) is 16.4 Å². The summed E-state index contributed by atoms with van der Waals surface area (Å²) in [6.07, 6.45) is 2.74. The first-order chi connectivity index (χ1) is 8.58. The van der Waals surface area contributed by atoms with Gasteiger partial charge in [-0.2, -0.15) is 0 Å². The second kappa shape index (κ2) is 5.38. The zero-order valence-electron chi connectivity index (χ0n) is 9.14. The third-order valence-electron chi connectivity index (χ3n) is 2.34. The molecule has 1 aromatic heterocycles. The van der Waals surface area contributed by atoms with E-state index >= 15 is 0 Å². The van der Waals surface area contributed by atoms with Crippen LogP contribution in [-0.2, 0) is 6.54 Å². The van der Waals surface area contributed by atoms with Gasteiger partial charge in [-0.3, -0.25) is 14.2 Å². The number of hydrogen-bond acceptors (Lipinski definition) is 3. The average molecular weight is 358 g/mol. The lowest BCUT2D eigenvalue weighted by Crippen LogP contribution is -2.26. The highest BCUT2D eigenvalue weighted by molar-refractivity contribution is 14.1. The van der Waals surface area contributed by atoms with Gasteiger partial charge in [-0.15, -0.1) is 0 Å². The van der Waals surface area contributed by atoms with Crippen molar-refractivity contribution in [2.75, 3.05) is 0 Å². The number of Topliss-reactive ketones (excluding diaryl/α,β-unsaturated/α-hetero) is 1. The van der Waals surface area contributed by atoms with Crippen molar-refractivity contribution >= 4 is 28.4 Å². The molecular weight excluding hydrogens is 350 g/mol. The number of carbonyl (C=O) groups is 1. The molecule has 0 spiro atoms. The van der Waals surface area contributed by atoms with E-state index in [1.54, 1.807) is 0 Å². The Morgan fingerprint density at radius 1 is 1.33 bits per heavy atom. The Morgan fingerprint density at radius 3 is 2.67 bits per heavy atom. The second-order valence-corrected chi connectivity index (χ2v) is 4.77. The van der Waals surface area contributed by atoms with Crippen molar-refractivity contribution in [3.8, 4) is 0 Å².